The van der Waals surface area contributed by atoms with Crippen LogP contribution in [0.25, 0.3) is 0 Å². The van der Waals surface area contributed by atoms with Crippen molar-refractivity contribution in [2.24, 2.45) is 34.5 Å². The minimum absolute atomic E-state index is 0.122. The van der Waals surface area contributed by atoms with E-state index >= 15 is 0 Å². The zero-order valence-electron chi connectivity index (χ0n) is 19.6. The number of aliphatic carboxylic acids is 1. The summed E-state index contributed by atoms with van der Waals surface area (Å²) in [5.41, 5.74) is 2.27. The second-order valence-corrected chi connectivity index (χ2v) is 11.7. The van der Waals surface area contributed by atoms with Gasteiger partial charge >= 0.3 is 5.97 Å². The second kappa shape index (κ2) is 8.24. The van der Waals surface area contributed by atoms with Gasteiger partial charge in [-0.2, -0.15) is 0 Å². The summed E-state index contributed by atoms with van der Waals surface area (Å²) in [5, 5.41) is 19.4. The first kappa shape index (κ1) is 22.3. The number of hydrogen-bond donors (Lipinski definition) is 2. The van der Waals surface area contributed by atoms with Crippen molar-refractivity contribution in [3.8, 4) is 0 Å². The fourth-order valence-corrected chi connectivity index (χ4v) is 8.26. The van der Waals surface area contributed by atoms with E-state index in [9.17, 15) is 9.90 Å². The minimum atomic E-state index is -0.669. The third kappa shape index (κ3) is 3.66. The van der Waals surface area contributed by atoms with Crippen molar-refractivity contribution in [1.29, 1.82) is 0 Å². The molecule has 4 aliphatic carbocycles. The van der Waals surface area contributed by atoms with Gasteiger partial charge in [0, 0.05) is 6.04 Å². The van der Waals surface area contributed by atoms with E-state index in [2.05, 4.69) is 31.9 Å². The molecule has 0 aromatic heterocycles. The van der Waals surface area contributed by atoms with Gasteiger partial charge in [-0.05, 0) is 106 Å². The molecule has 0 spiro atoms. The number of carboxylic acid groups (broad SMARTS) is 1. The molecule has 0 heterocycles. The van der Waals surface area contributed by atoms with Crippen LogP contribution in [0.4, 0.5) is 0 Å². The molecule has 4 nitrogen and oxygen atoms in total. The fraction of sp³-hybridized carbons (Fsp3) is 0.885. The van der Waals surface area contributed by atoms with Gasteiger partial charge in [-0.15, -0.1) is 0 Å². The van der Waals surface area contributed by atoms with Crippen LogP contribution in [0, 0.1) is 34.5 Å². The van der Waals surface area contributed by atoms with E-state index in [-0.39, 0.29) is 12.0 Å². The molecule has 170 valence electrons. The van der Waals surface area contributed by atoms with Crippen LogP contribution in [-0.4, -0.2) is 46.8 Å². The summed E-state index contributed by atoms with van der Waals surface area (Å²) in [5.74, 6) is 1.50. The quantitative estimate of drug-likeness (QED) is 0.590. The molecule has 2 N–H and O–H groups in total. The van der Waals surface area contributed by atoms with Crippen molar-refractivity contribution < 1.29 is 15.0 Å². The molecule has 7 unspecified atom stereocenters. The Morgan fingerprint density at radius 3 is 2.70 bits per heavy atom. The lowest BCUT2D eigenvalue weighted by atomic mass is 9.48. The molecule has 0 aromatic carbocycles. The predicted octanol–water partition coefficient (Wildman–Crippen LogP) is 5.11. The van der Waals surface area contributed by atoms with Crippen LogP contribution in [0.3, 0.4) is 0 Å². The Kier molecular flexibility index (Phi) is 6.13. The Morgan fingerprint density at radius 2 is 1.97 bits per heavy atom. The van der Waals surface area contributed by atoms with Crippen molar-refractivity contribution in [2.45, 2.75) is 97.1 Å². The molecule has 30 heavy (non-hydrogen) atoms. The molecule has 0 aromatic rings. The Morgan fingerprint density at radius 1 is 1.20 bits per heavy atom. The first-order valence-corrected chi connectivity index (χ1v) is 12.5. The van der Waals surface area contributed by atoms with Crippen LogP contribution < -0.4 is 0 Å². The molecule has 3 saturated carbocycles. The largest absolute Gasteiger partial charge is 0.481 e. The molecule has 4 heteroatoms. The lowest BCUT2D eigenvalue weighted by molar-refractivity contribution is -0.141. The number of rotatable bonds is 6. The standard InChI is InChI=1S/C26H43NO3/c1-17(24(29)30)6-5-15-27(4)23-10-9-21-20-8-7-18-16-19(28)11-13-25(18,2)22(20)12-14-26(21,23)3/h7,17,19-23,28H,5-6,8-16H2,1-4H3,(H,29,30)/t17?,19-,20?,21?,22?,23?,25?,26?/m1/s1. The number of aliphatic hydroxyl groups is 1. The first-order chi connectivity index (χ1) is 14.2. The maximum Gasteiger partial charge on any atom is 0.306 e. The number of fused-ring (bicyclic) bond motifs is 5. The Hall–Kier alpha value is -0.870. The third-order valence-electron chi connectivity index (χ3n) is 10.1. The number of nitrogens with zero attached hydrogens (tertiary/aromatic N) is 1. The smallest absolute Gasteiger partial charge is 0.306 e. The van der Waals surface area contributed by atoms with E-state index in [0.717, 1.165) is 56.4 Å². The predicted molar refractivity (Wildman–Crippen MR) is 120 cm³/mol. The van der Waals surface area contributed by atoms with Gasteiger partial charge in [0.15, 0.2) is 0 Å². The SMILES string of the molecule is CC(CCCN(C)C1CCC2C3CC=C4C[C@H](O)CCC4(C)C3CCC21C)C(=O)O. The second-order valence-electron chi connectivity index (χ2n) is 11.7. The van der Waals surface area contributed by atoms with Gasteiger partial charge in [-0.25, -0.2) is 0 Å². The molecule has 0 aliphatic heterocycles. The average Bonchev–Trinajstić information content (AvgIpc) is 3.05. The summed E-state index contributed by atoms with van der Waals surface area (Å²) in [6, 6.07) is 0.634. The third-order valence-corrected chi connectivity index (χ3v) is 10.1. The van der Waals surface area contributed by atoms with Crippen molar-refractivity contribution in [3.63, 3.8) is 0 Å². The zero-order chi connectivity index (χ0) is 21.7. The lowest BCUT2D eigenvalue weighted by Gasteiger charge is -2.58. The Bertz CT molecular complexity index is 690. The average molecular weight is 418 g/mol. The molecule has 0 amide bonds. The van der Waals surface area contributed by atoms with Crippen LogP contribution in [0.2, 0.25) is 0 Å². The summed E-state index contributed by atoms with van der Waals surface area (Å²) >= 11 is 0. The maximum atomic E-state index is 11.1. The number of allylic oxidation sites excluding steroid dienone is 1. The van der Waals surface area contributed by atoms with Crippen LogP contribution in [0.1, 0.15) is 85.0 Å². The van der Waals surface area contributed by atoms with Gasteiger partial charge < -0.3 is 15.1 Å². The highest BCUT2D eigenvalue weighted by Gasteiger charge is 2.59. The van der Waals surface area contributed by atoms with E-state index in [0.29, 0.717) is 16.9 Å². The van der Waals surface area contributed by atoms with E-state index in [1.807, 2.05) is 6.92 Å². The highest BCUT2D eigenvalue weighted by Crippen LogP contribution is 2.65. The van der Waals surface area contributed by atoms with Gasteiger partial charge in [0.2, 0.25) is 0 Å². The Balaban J connectivity index is 1.44. The number of carboxylic acids is 1. The number of hydrogen-bond acceptors (Lipinski definition) is 3. The molecule has 0 radical (unpaired) electrons. The summed E-state index contributed by atoms with van der Waals surface area (Å²) < 4.78 is 0. The van der Waals surface area contributed by atoms with E-state index in [4.69, 9.17) is 5.11 Å². The van der Waals surface area contributed by atoms with Gasteiger partial charge in [-0.1, -0.05) is 32.4 Å². The molecule has 0 saturated heterocycles. The van der Waals surface area contributed by atoms with Crippen molar-refractivity contribution in [3.05, 3.63) is 11.6 Å². The summed E-state index contributed by atoms with van der Waals surface area (Å²) in [7, 11) is 2.28. The number of aliphatic hydroxyl groups excluding tert-OH is 1. The van der Waals surface area contributed by atoms with Gasteiger partial charge in [0.05, 0.1) is 12.0 Å². The molecule has 0 bridgehead atoms. The Labute approximate surface area is 183 Å². The minimum Gasteiger partial charge on any atom is -0.481 e. The van der Waals surface area contributed by atoms with Crippen molar-refractivity contribution in [2.75, 3.05) is 13.6 Å². The van der Waals surface area contributed by atoms with Gasteiger partial charge in [0.25, 0.3) is 0 Å². The summed E-state index contributed by atoms with van der Waals surface area (Å²) in [4.78, 5) is 13.7. The van der Waals surface area contributed by atoms with E-state index < -0.39 is 5.97 Å². The highest BCUT2D eigenvalue weighted by atomic mass is 16.4. The molecule has 3 fully saturated rings. The lowest BCUT2D eigenvalue weighted by Crippen LogP contribution is -2.53. The molecule has 4 aliphatic rings. The molecular formula is C26H43NO3. The number of carbonyl (C=O) groups is 1. The van der Waals surface area contributed by atoms with Crippen LogP contribution >= 0.6 is 0 Å². The first-order valence-electron chi connectivity index (χ1n) is 12.5. The monoisotopic (exact) mass is 417 g/mol. The summed E-state index contributed by atoms with van der Waals surface area (Å²) in [6.07, 6.45) is 13.7. The van der Waals surface area contributed by atoms with Gasteiger partial charge in [0.1, 0.15) is 0 Å². The van der Waals surface area contributed by atoms with Gasteiger partial charge in [-0.3, -0.25) is 4.79 Å². The molecule has 8 atom stereocenters. The molecular weight excluding hydrogens is 374 g/mol. The zero-order valence-corrected chi connectivity index (χ0v) is 19.6. The summed E-state index contributed by atoms with van der Waals surface area (Å²) in [6.45, 7) is 7.91. The normalized spacial score (nSPS) is 44.1. The highest BCUT2D eigenvalue weighted by molar-refractivity contribution is 5.69. The fourth-order valence-electron chi connectivity index (χ4n) is 8.26. The van der Waals surface area contributed by atoms with Crippen molar-refractivity contribution >= 4 is 5.97 Å². The van der Waals surface area contributed by atoms with Crippen LogP contribution in [0.5, 0.6) is 0 Å². The topological polar surface area (TPSA) is 60.8 Å². The maximum absolute atomic E-state index is 11.1. The molecule has 4 rings (SSSR count). The van der Waals surface area contributed by atoms with E-state index in [1.54, 1.807) is 5.57 Å². The van der Waals surface area contributed by atoms with Crippen LogP contribution in [-0.2, 0) is 4.79 Å². The van der Waals surface area contributed by atoms with Crippen molar-refractivity contribution in [1.82, 2.24) is 4.90 Å². The van der Waals surface area contributed by atoms with E-state index in [1.165, 1.54) is 32.1 Å². The van der Waals surface area contributed by atoms with Crippen LogP contribution in [0.15, 0.2) is 11.6 Å².